The van der Waals surface area contributed by atoms with Crippen LogP contribution in [-0.2, 0) is 11.3 Å². The Morgan fingerprint density at radius 2 is 1.64 bits per heavy atom. The number of anilines is 1. The number of carbonyl (C=O) groups excluding carboxylic acids is 2. The topological polar surface area (TPSA) is 104 Å². The number of morpholine rings is 1. The molecule has 0 unspecified atom stereocenters. The lowest BCUT2D eigenvalue weighted by molar-refractivity contribution is 0.0706. The summed E-state index contributed by atoms with van der Waals surface area (Å²) in [5.41, 5.74) is 6.86. The van der Waals surface area contributed by atoms with Gasteiger partial charge in [-0.1, -0.05) is 42.5 Å². The van der Waals surface area contributed by atoms with Gasteiger partial charge < -0.3 is 15.0 Å². The van der Waals surface area contributed by atoms with Crippen molar-refractivity contribution in [2.24, 2.45) is 0 Å². The number of aromatic nitrogens is 1. The Kier molecular flexibility index (Phi) is 6.88. The summed E-state index contributed by atoms with van der Waals surface area (Å²) in [6, 6.07) is 24.3. The number of rotatable bonds is 6. The molecular weight excluding hydrogens is 456 g/mol. The van der Waals surface area contributed by atoms with Gasteiger partial charge in [-0.2, -0.15) is 0 Å². The van der Waals surface area contributed by atoms with E-state index in [0.29, 0.717) is 17.7 Å². The molecule has 3 aromatic carbocycles. The molecule has 0 spiro atoms. The monoisotopic (exact) mass is 482 g/mol. The Morgan fingerprint density at radius 1 is 0.917 bits per heavy atom. The van der Waals surface area contributed by atoms with E-state index in [2.05, 4.69) is 22.3 Å². The van der Waals surface area contributed by atoms with Crippen LogP contribution in [0.4, 0.5) is 5.69 Å². The number of nitrogens with one attached hydrogen (secondary N) is 2. The second kappa shape index (κ2) is 10.6. The molecule has 182 valence electrons. The maximum atomic E-state index is 13.2. The van der Waals surface area contributed by atoms with E-state index in [1.54, 1.807) is 29.7 Å². The SMILES string of the molecule is O=C(NO)c1ccc(CNC(=O)c2cc(-c3ccc(N4CCOCC4)cc3)nc3ccccc23)cc1. The first-order valence-electron chi connectivity index (χ1n) is 11.8. The number of para-hydroxylation sites is 1. The highest BCUT2D eigenvalue weighted by Crippen LogP contribution is 2.27. The number of amides is 2. The van der Waals surface area contributed by atoms with Gasteiger partial charge in [-0.15, -0.1) is 0 Å². The molecule has 2 heterocycles. The first-order valence-corrected chi connectivity index (χ1v) is 11.8. The molecule has 8 heteroatoms. The van der Waals surface area contributed by atoms with Crippen LogP contribution in [0.3, 0.4) is 0 Å². The molecule has 1 aliphatic heterocycles. The van der Waals surface area contributed by atoms with Crippen molar-refractivity contribution in [3.05, 3.63) is 95.6 Å². The van der Waals surface area contributed by atoms with Crippen molar-refractivity contribution in [2.75, 3.05) is 31.2 Å². The van der Waals surface area contributed by atoms with Gasteiger partial charge in [0.05, 0.1) is 30.0 Å². The van der Waals surface area contributed by atoms with Crippen LogP contribution >= 0.6 is 0 Å². The highest BCUT2D eigenvalue weighted by Gasteiger charge is 2.15. The molecule has 1 aliphatic rings. The van der Waals surface area contributed by atoms with Crippen LogP contribution < -0.4 is 15.7 Å². The molecule has 0 radical (unpaired) electrons. The number of pyridine rings is 1. The van der Waals surface area contributed by atoms with Gasteiger partial charge in [-0.25, -0.2) is 10.5 Å². The molecule has 3 N–H and O–H groups in total. The maximum Gasteiger partial charge on any atom is 0.274 e. The van der Waals surface area contributed by atoms with Crippen molar-refractivity contribution >= 4 is 28.4 Å². The summed E-state index contributed by atoms with van der Waals surface area (Å²) in [4.78, 5) is 31.9. The first-order chi connectivity index (χ1) is 17.6. The minimum absolute atomic E-state index is 0.211. The first kappa shape index (κ1) is 23.5. The van der Waals surface area contributed by atoms with Gasteiger partial charge in [0.2, 0.25) is 0 Å². The zero-order valence-electron chi connectivity index (χ0n) is 19.6. The molecule has 0 aliphatic carbocycles. The van der Waals surface area contributed by atoms with Gasteiger partial charge in [0, 0.05) is 41.8 Å². The minimum atomic E-state index is -0.584. The van der Waals surface area contributed by atoms with E-state index in [0.717, 1.165) is 59.7 Å². The average Bonchev–Trinajstić information content (AvgIpc) is 2.95. The van der Waals surface area contributed by atoms with Crippen LogP contribution in [-0.4, -0.2) is 48.3 Å². The number of carbonyl (C=O) groups is 2. The Labute approximate surface area is 208 Å². The van der Waals surface area contributed by atoms with Crippen molar-refractivity contribution in [2.45, 2.75) is 6.54 Å². The highest BCUT2D eigenvalue weighted by molar-refractivity contribution is 6.07. The van der Waals surface area contributed by atoms with Gasteiger partial charge >= 0.3 is 0 Å². The number of hydrogen-bond donors (Lipinski definition) is 3. The van der Waals surface area contributed by atoms with Crippen molar-refractivity contribution in [3.63, 3.8) is 0 Å². The third-order valence-corrected chi connectivity index (χ3v) is 6.27. The number of ether oxygens (including phenoxy) is 1. The van der Waals surface area contributed by atoms with E-state index in [1.165, 1.54) is 0 Å². The number of hydrogen-bond acceptors (Lipinski definition) is 6. The van der Waals surface area contributed by atoms with Gasteiger partial charge in [-0.3, -0.25) is 14.8 Å². The van der Waals surface area contributed by atoms with Gasteiger partial charge in [0.1, 0.15) is 0 Å². The fourth-order valence-corrected chi connectivity index (χ4v) is 4.29. The van der Waals surface area contributed by atoms with Gasteiger partial charge in [0.25, 0.3) is 11.8 Å². The summed E-state index contributed by atoms with van der Waals surface area (Å²) < 4.78 is 5.44. The van der Waals surface area contributed by atoms with E-state index in [1.807, 2.05) is 42.5 Å². The number of fused-ring (bicyclic) bond motifs is 1. The zero-order valence-corrected chi connectivity index (χ0v) is 19.6. The molecule has 4 aromatic rings. The third-order valence-electron chi connectivity index (χ3n) is 6.27. The molecule has 1 fully saturated rings. The largest absolute Gasteiger partial charge is 0.378 e. The van der Waals surface area contributed by atoms with E-state index in [9.17, 15) is 9.59 Å². The summed E-state index contributed by atoms with van der Waals surface area (Å²) in [7, 11) is 0. The van der Waals surface area contributed by atoms with Crippen LogP contribution in [0.5, 0.6) is 0 Å². The van der Waals surface area contributed by atoms with Crippen molar-refractivity contribution in [3.8, 4) is 11.3 Å². The molecule has 2 amide bonds. The van der Waals surface area contributed by atoms with E-state index < -0.39 is 5.91 Å². The van der Waals surface area contributed by atoms with E-state index in [4.69, 9.17) is 14.9 Å². The third kappa shape index (κ3) is 5.05. The Balaban J connectivity index is 1.38. The lowest BCUT2D eigenvalue weighted by Crippen LogP contribution is -2.36. The molecule has 1 saturated heterocycles. The Bertz CT molecular complexity index is 1380. The van der Waals surface area contributed by atoms with E-state index in [-0.39, 0.29) is 5.91 Å². The summed E-state index contributed by atoms with van der Waals surface area (Å²) in [6.45, 7) is 3.49. The predicted octanol–water partition coefficient (Wildman–Crippen LogP) is 3.79. The van der Waals surface area contributed by atoms with Crippen LogP contribution in [0.2, 0.25) is 0 Å². The molecular formula is C28H26N4O4. The van der Waals surface area contributed by atoms with E-state index >= 15 is 0 Å². The lowest BCUT2D eigenvalue weighted by atomic mass is 10.0. The Hall–Kier alpha value is -4.27. The smallest absolute Gasteiger partial charge is 0.274 e. The molecule has 8 nitrogen and oxygen atoms in total. The van der Waals surface area contributed by atoms with Crippen LogP contribution in [0.1, 0.15) is 26.3 Å². The summed E-state index contributed by atoms with van der Waals surface area (Å²) in [5, 5.41) is 12.5. The maximum absolute atomic E-state index is 13.2. The molecule has 0 saturated carbocycles. The molecule has 0 atom stereocenters. The standard InChI is InChI=1S/C28H26N4O4/c33-27(31-35)21-7-5-19(6-8-21)18-29-28(34)24-17-26(30-25-4-2-1-3-23(24)25)20-9-11-22(12-10-20)32-13-15-36-16-14-32/h1-12,17,35H,13-16,18H2,(H,29,34)(H,31,33). The zero-order chi connectivity index (χ0) is 24.9. The van der Waals surface area contributed by atoms with Crippen molar-refractivity contribution < 1.29 is 19.5 Å². The fraction of sp³-hybridized carbons (Fsp3) is 0.179. The molecule has 5 rings (SSSR count). The second-order valence-corrected chi connectivity index (χ2v) is 8.54. The summed E-state index contributed by atoms with van der Waals surface area (Å²) in [5.74, 6) is -0.795. The van der Waals surface area contributed by atoms with Crippen molar-refractivity contribution in [1.82, 2.24) is 15.8 Å². The number of hydroxylamine groups is 1. The highest BCUT2D eigenvalue weighted by atomic mass is 16.5. The minimum Gasteiger partial charge on any atom is -0.378 e. The van der Waals surface area contributed by atoms with Gasteiger partial charge in [0.15, 0.2) is 0 Å². The molecule has 0 bridgehead atoms. The average molecular weight is 483 g/mol. The van der Waals surface area contributed by atoms with Gasteiger partial charge in [-0.05, 0) is 42.0 Å². The summed E-state index contributed by atoms with van der Waals surface area (Å²) in [6.07, 6.45) is 0. The number of benzene rings is 3. The normalized spacial score (nSPS) is 13.4. The molecule has 1 aromatic heterocycles. The Morgan fingerprint density at radius 3 is 2.36 bits per heavy atom. The fourth-order valence-electron chi connectivity index (χ4n) is 4.29. The second-order valence-electron chi connectivity index (χ2n) is 8.54. The predicted molar refractivity (Wildman–Crippen MR) is 137 cm³/mol. The number of nitrogens with zero attached hydrogens (tertiary/aromatic N) is 2. The molecule has 36 heavy (non-hydrogen) atoms. The lowest BCUT2D eigenvalue weighted by Gasteiger charge is -2.28. The van der Waals surface area contributed by atoms with Crippen LogP contribution in [0.25, 0.3) is 22.2 Å². The van der Waals surface area contributed by atoms with Crippen molar-refractivity contribution in [1.29, 1.82) is 0 Å². The summed E-state index contributed by atoms with van der Waals surface area (Å²) >= 11 is 0. The quantitative estimate of drug-likeness (QED) is 0.285. The van der Waals surface area contributed by atoms with Crippen LogP contribution in [0, 0.1) is 0 Å². The van der Waals surface area contributed by atoms with Crippen LogP contribution in [0.15, 0.2) is 78.9 Å².